The minimum absolute atomic E-state index is 0.0334. The highest BCUT2D eigenvalue weighted by atomic mass is 19.4. The topological polar surface area (TPSA) is 87.7 Å². The van der Waals surface area contributed by atoms with Crippen LogP contribution in [0.25, 0.3) is 0 Å². The molecule has 1 aliphatic heterocycles. The van der Waals surface area contributed by atoms with Gasteiger partial charge in [-0.25, -0.2) is 0 Å². The van der Waals surface area contributed by atoms with Gasteiger partial charge in [-0.05, 0) is 23.8 Å². The summed E-state index contributed by atoms with van der Waals surface area (Å²) in [6.07, 6.45) is -5.04. The average molecular weight is 435 g/mol. The maximum Gasteiger partial charge on any atom is 0.416 e. The normalized spacial score (nSPS) is 16.6. The molecule has 1 fully saturated rings. The number of halogens is 3. The number of nitrogens with zero attached hydrogens (tertiary/aromatic N) is 1. The van der Waals surface area contributed by atoms with Crippen molar-refractivity contribution in [3.63, 3.8) is 0 Å². The minimum atomic E-state index is -4.60. The third-order valence-corrected chi connectivity index (χ3v) is 4.69. The van der Waals surface area contributed by atoms with Gasteiger partial charge in [-0.15, -0.1) is 0 Å². The van der Waals surface area contributed by atoms with Crippen molar-refractivity contribution in [2.24, 2.45) is 0 Å². The first kappa shape index (κ1) is 22.1. The van der Waals surface area contributed by atoms with Gasteiger partial charge in [0, 0.05) is 6.54 Å². The van der Waals surface area contributed by atoms with Crippen LogP contribution in [0.2, 0.25) is 0 Å². The molecule has 10 heteroatoms. The second-order valence-corrected chi connectivity index (χ2v) is 6.97. The monoisotopic (exact) mass is 435 g/mol. The molecular weight excluding hydrogens is 415 g/mol. The van der Waals surface area contributed by atoms with Crippen molar-refractivity contribution in [1.82, 2.24) is 10.2 Å². The van der Waals surface area contributed by atoms with Gasteiger partial charge in [-0.1, -0.05) is 30.3 Å². The number of benzene rings is 2. The maximum absolute atomic E-state index is 13.0. The number of amides is 3. The number of anilines is 1. The van der Waals surface area contributed by atoms with Crippen molar-refractivity contribution in [3.05, 3.63) is 59.7 Å². The summed E-state index contributed by atoms with van der Waals surface area (Å²) in [5.41, 5.74) is -0.319. The molecule has 31 heavy (non-hydrogen) atoms. The first-order valence-corrected chi connectivity index (χ1v) is 9.34. The average Bonchev–Trinajstić information content (AvgIpc) is 2.71. The molecule has 0 aliphatic carbocycles. The van der Waals surface area contributed by atoms with Crippen molar-refractivity contribution in [1.29, 1.82) is 0 Å². The smallest absolute Gasteiger partial charge is 0.416 e. The molecule has 0 radical (unpaired) electrons. The van der Waals surface area contributed by atoms with Crippen LogP contribution in [0.5, 0.6) is 5.75 Å². The predicted molar refractivity (Wildman–Crippen MR) is 105 cm³/mol. The zero-order chi connectivity index (χ0) is 22.6. The van der Waals surface area contributed by atoms with Gasteiger partial charge < -0.3 is 20.3 Å². The summed E-state index contributed by atoms with van der Waals surface area (Å²) < 4.78 is 43.9. The summed E-state index contributed by atoms with van der Waals surface area (Å²) >= 11 is 0. The second kappa shape index (κ2) is 9.07. The second-order valence-electron chi connectivity index (χ2n) is 6.97. The van der Waals surface area contributed by atoms with Crippen LogP contribution in [0, 0.1) is 0 Å². The Labute approximate surface area is 176 Å². The molecule has 3 amide bonds. The van der Waals surface area contributed by atoms with Gasteiger partial charge in [0.2, 0.25) is 17.7 Å². The first-order valence-electron chi connectivity index (χ1n) is 9.34. The molecule has 7 nitrogen and oxygen atoms in total. The van der Waals surface area contributed by atoms with Gasteiger partial charge in [0.25, 0.3) is 0 Å². The fourth-order valence-corrected chi connectivity index (χ4v) is 3.22. The fraction of sp³-hybridized carbons (Fsp3) is 0.286. The van der Waals surface area contributed by atoms with Crippen molar-refractivity contribution in [3.8, 4) is 5.75 Å². The molecule has 2 N–H and O–H groups in total. The molecule has 0 bridgehead atoms. The zero-order valence-corrected chi connectivity index (χ0v) is 16.5. The summed E-state index contributed by atoms with van der Waals surface area (Å²) in [7, 11) is 1.25. The van der Waals surface area contributed by atoms with Crippen molar-refractivity contribution in [2.45, 2.75) is 25.2 Å². The number of carbonyl (C=O) groups excluding carboxylic acids is 3. The van der Waals surface area contributed by atoms with Crippen molar-refractivity contribution in [2.75, 3.05) is 19.0 Å². The van der Waals surface area contributed by atoms with Crippen molar-refractivity contribution < 1.29 is 32.3 Å². The lowest BCUT2D eigenvalue weighted by Gasteiger charge is -2.32. The first-order chi connectivity index (χ1) is 14.7. The lowest BCUT2D eigenvalue weighted by atomic mass is 10.1. The number of piperazine rings is 1. The predicted octanol–water partition coefficient (Wildman–Crippen LogP) is 2.57. The highest BCUT2D eigenvalue weighted by Crippen LogP contribution is 2.35. The molecule has 164 valence electrons. The molecule has 1 unspecified atom stereocenters. The Hall–Kier alpha value is -3.56. The molecule has 1 aliphatic rings. The van der Waals surface area contributed by atoms with Crippen LogP contribution < -0.4 is 15.4 Å². The van der Waals surface area contributed by atoms with E-state index >= 15 is 0 Å². The number of carbonyl (C=O) groups is 3. The van der Waals surface area contributed by atoms with E-state index in [1.54, 1.807) is 24.3 Å². The minimum Gasteiger partial charge on any atom is -0.495 e. The van der Waals surface area contributed by atoms with Crippen LogP contribution >= 0.6 is 0 Å². The molecule has 2 aromatic rings. The lowest BCUT2D eigenvalue weighted by molar-refractivity contribution is -0.145. The van der Waals surface area contributed by atoms with Crippen molar-refractivity contribution >= 4 is 23.4 Å². The Morgan fingerprint density at radius 3 is 2.55 bits per heavy atom. The van der Waals surface area contributed by atoms with E-state index in [0.29, 0.717) is 0 Å². The molecule has 2 aromatic carbocycles. The van der Waals surface area contributed by atoms with Crippen LogP contribution in [-0.2, 0) is 27.1 Å². The molecule has 1 saturated heterocycles. The number of hydrogen-bond donors (Lipinski definition) is 2. The van der Waals surface area contributed by atoms with Gasteiger partial charge in [0.1, 0.15) is 11.8 Å². The summed E-state index contributed by atoms with van der Waals surface area (Å²) in [5, 5.41) is 4.80. The Morgan fingerprint density at radius 1 is 1.19 bits per heavy atom. The van der Waals surface area contributed by atoms with Crippen LogP contribution in [0.3, 0.4) is 0 Å². The SMILES string of the molecule is COc1ccc(C(F)(F)F)cc1NC(=O)CC1NC(=O)CN(Cc2ccccc2)C1=O. The fourth-order valence-electron chi connectivity index (χ4n) is 3.22. The molecule has 3 rings (SSSR count). The number of nitrogens with one attached hydrogen (secondary N) is 2. The number of alkyl halides is 3. The quantitative estimate of drug-likeness (QED) is 0.730. The largest absolute Gasteiger partial charge is 0.495 e. The summed E-state index contributed by atoms with van der Waals surface area (Å²) in [6, 6.07) is 10.6. The molecule has 1 atom stereocenters. The highest BCUT2D eigenvalue weighted by molar-refractivity contribution is 6.00. The molecule has 0 spiro atoms. The Balaban J connectivity index is 1.71. The highest BCUT2D eigenvalue weighted by Gasteiger charge is 2.35. The van der Waals surface area contributed by atoms with Gasteiger partial charge in [0.05, 0.1) is 31.3 Å². The third-order valence-electron chi connectivity index (χ3n) is 4.69. The zero-order valence-electron chi connectivity index (χ0n) is 16.5. The molecule has 0 aromatic heterocycles. The van der Waals surface area contributed by atoms with E-state index in [0.717, 1.165) is 23.8 Å². The summed E-state index contributed by atoms with van der Waals surface area (Å²) in [4.78, 5) is 38.6. The van der Waals surface area contributed by atoms with E-state index in [-0.39, 0.29) is 24.5 Å². The van der Waals surface area contributed by atoms with E-state index in [4.69, 9.17) is 4.74 Å². The molecular formula is C21H20F3N3O4. The van der Waals surface area contributed by atoms with Gasteiger partial charge >= 0.3 is 6.18 Å². The summed E-state index contributed by atoms with van der Waals surface area (Å²) in [6.45, 7) is 0.0555. The Kier molecular flexibility index (Phi) is 6.47. The summed E-state index contributed by atoms with van der Waals surface area (Å²) in [5.74, 6) is -1.58. The van der Waals surface area contributed by atoms with E-state index < -0.39 is 41.9 Å². The Bertz CT molecular complexity index is 980. The standard InChI is InChI=1S/C21H20F3N3O4/c1-31-17-8-7-14(21(22,23)24)9-15(17)25-18(28)10-16-20(30)27(12-19(29)26-16)11-13-5-3-2-4-6-13/h2-9,16H,10-12H2,1H3,(H,25,28)(H,26,29). The van der Waals surface area contributed by atoms with E-state index in [9.17, 15) is 27.6 Å². The van der Waals surface area contributed by atoms with Crippen LogP contribution in [-0.4, -0.2) is 42.3 Å². The molecule has 0 saturated carbocycles. The number of rotatable bonds is 6. The van der Waals surface area contributed by atoms with E-state index in [1.807, 2.05) is 6.07 Å². The Morgan fingerprint density at radius 2 is 1.90 bits per heavy atom. The number of ether oxygens (including phenoxy) is 1. The molecule has 1 heterocycles. The van der Waals surface area contributed by atoms with Gasteiger partial charge in [0.15, 0.2) is 0 Å². The van der Waals surface area contributed by atoms with Gasteiger partial charge in [-0.3, -0.25) is 14.4 Å². The number of methoxy groups -OCH3 is 1. The maximum atomic E-state index is 13.0. The van der Waals surface area contributed by atoms with Crippen LogP contribution in [0.1, 0.15) is 17.5 Å². The van der Waals surface area contributed by atoms with Gasteiger partial charge in [-0.2, -0.15) is 13.2 Å². The van der Waals surface area contributed by atoms with Crippen LogP contribution in [0.4, 0.5) is 18.9 Å². The lowest BCUT2D eigenvalue weighted by Crippen LogP contribution is -2.58. The van der Waals surface area contributed by atoms with E-state index in [1.165, 1.54) is 12.0 Å². The number of hydrogen-bond acceptors (Lipinski definition) is 4. The van der Waals surface area contributed by atoms with E-state index in [2.05, 4.69) is 10.6 Å². The third kappa shape index (κ3) is 5.53. The van der Waals surface area contributed by atoms with Crippen LogP contribution in [0.15, 0.2) is 48.5 Å².